The monoisotopic (exact) mass is 422 g/mol. The number of carbonyl (C=O) groups excluding carboxylic acids is 2. The van der Waals surface area contributed by atoms with E-state index in [2.05, 4.69) is 4.90 Å². The van der Waals surface area contributed by atoms with Gasteiger partial charge < -0.3 is 9.80 Å². The number of thiocarbonyl (C=S) groups is 1. The Morgan fingerprint density at radius 3 is 2.50 bits per heavy atom. The Hall–Kier alpha value is -1.51. The molecule has 2 amide bonds. The van der Waals surface area contributed by atoms with E-state index < -0.39 is 0 Å². The Bertz CT molecular complexity index is 686. The molecule has 1 atom stereocenters. The highest BCUT2D eigenvalue weighted by Gasteiger charge is 2.36. The number of carbonyl (C=O) groups is 2. The van der Waals surface area contributed by atoms with Crippen molar-refractivity contribution in [3.05, 3.63) is 22.4 Å². The molecule has 0 spiro atoms. The molecule has 0 bridgehead atoms. The highest BCUT2D eigenvalue weighted by Crippen LogP contribution is 2.17. The summed E-state index contributed by atoms with van der Waals surface area (Å²) in [6, 6.07) is 3.90. The zero-order chi connectivity index (χ0) is 20.1. The lowest BCUT2D eigenvalue weighted by Gasteiger charge is -2.34. The Morgan fingerprint density at radius 1 is 1.18 bits per heavy atom. The fourth-order valence-electron chi connectivity index (χ4n) is 3.84. The molecular weight excluding hydrogens is 392 g/mol. The fraction of sp³-hybridized carbons (Fsp3) is 0.650. The van der Waals surface area contributed by atoms with Gasteiger partial charge in [-0.3, -0.25) is 19.4 Å². The summed E-state index contributed by atoms with van der Waals surface area (Å²) in [5.41, 5.74) is 0. The minimum absolute atomic E-state index is 0.0940. The Kier molecular flexibility index (Phi) is 7.42. The molecule has 154 valence electrons. The maximum atomic E-state index is 12.4. The van der Waals surface area contributed by atoms with Gasteiger partial charge in [0.25, 0.3) is 5.91 Å². The molecule has 0 saturated carbocycles. The molecule has 2 aliphatic rings. The standard InChI is InChI=1S/C20H30N4O2S2/c1-16-19(26)21(2)20(27)24(16)9-5-3-4-8-22-10-12-23(13-11-22)18(25)15-17-7-6-14-28-17/h6-7,14,16H,3-5,8-13,15H2,1-2H3. The fourth-order valence-corrected chi connectivity index (χ4v) is 4.88. The van der Waals surface area contributed by atoms with Gasteiger partial charge in [0.05, 0.1) is 6.42 Å². The van der Waals surface area contributed by atoms with Crippen LogP contribution < -0.4 is 0 Å². The van der Waals surface area contributed by atoms with E-state index in [1.165, 1.54) is 0 Å². The first-order valence-electron chi connectivity index (χ1n) is 10.1. The summed E-state index contributed by atoms with van der Waals surface area (Å²) in [6.45, 7) is 7.44. The maximum absolute atomic E-state index is 12.4. The predicted octanol–water partition coefficient (Wildman–Crippen LogP) is 2.05. The average molecular weight is 423 g/mol. The molecule has 1 unspecified atom stereocenters. The second-order valence-corrected chi connectivity index (χ2v) is 8.99. The number of unbranched alkanes of at least 4 members (excludes halogenated alkanes) is 2. The number of thiophene rings is 1. The quantitative estimate of drug-likeness (QED) is 0.474. The Morgan fingerprint density at radius 2 is 1.89 bits per heavy atom. The zero-order valence-electron chi connectivity index (χ0n) is 16.8. The van der Waals surface area contributed by atoms with Crippen molar-refractivity contribution in [1.29, 1.82) is 0 Å². The number of piperazine rings is 1. The molecule has 28 heavy (non-hydrogen) atoms. The molecule has 2 fully saturated rings. The molecule has 6 nitrogen and oxygen atoms in total. The molecule has 0 radical (unpaired) electrons. The summed E-state index contributed by atoms with van der Waals surface area (Å²) < 4.78 is 0. The minimum atomic E-state index is -0.128. The van der Waals surface area contributed by atoms with Crippen LogP contribution in [0.1, 0.15) is 31.1 Å². The minimum Gasteiger partial charge on any atom is -0.340 e. The summed E-state index contributed by atoms with van der Waals surface area (Å²) in [6.07, 6.45) is 3.85. The van der Waals surface area contributed by atoms with Crippen LogP contribution in [0.2, 0.25) is 0 Å². The molecule has 2 saturated heterocycles. The van der Waals surface area contributed by atoms with Gasteiger partial charge in [0.15, 0.2) is 5.11 Å². The molecule has 8 heteroatoms. The van der Waals surface area contributed by atoms with Crippen molar-refractivity contribution in [2.24, 2.45) is 0 Å². The van der Waals surface area contributed by atoms with Gasteiger partial charge in [-0.15, -0.1) is 11.3 Å². The van der Waals surface area contributed by atoms with Crippen LogP contribution in [-0.2, 0) is 16.0 Å². The Labute approximate surface area is 177 Å². The van der Waals surface area contributed by atoms with Crippen LogP contribution in [0.4, 0.5) is 0 Å². The zero-order valence-corrected chi connectivity index (χ0v) is 18.4. The Balaban J connectivity index is 1.28. The van der Waals surface area contributed by atoms with Crippen LogP contribution in [0.3, 0.4) is 0 Å². The van der Waals surface area contributed by atoms with E-state index in [-0.39, 0.29) is 17.9 Å². The molecule has 1 aromatic rings. The smallest absolute Gasteiger partial charge is 0.250 e. The second kappa shape index (κ2) is 9.80. The van der Waals surface area contributed by atoms with Gasteiger partial charge in [-0.1, -0.05) is 12.5 Å². The predicted molar refractivity (Wildman–Crippen MR) is 116 cm³/mol. The van der Waals surface area contributed by atoms with E-state index in [1.54, 1.807) is 23.3 Å². The first kappa shape index (κ1) is 21.2. The lowest BCUT2D eigenvalue weighted by molar-refractivity contribution is -0.132. The molecule has 0 aromatic carbocycles. The van der Waals surface area contributed by atoms with Crippen LogP contribution in [0.15, 0.2) is 17.5 Å². The van der Waals surface area contributed by atoms with Gasteiger partial charge in [-0.25, -0.2) is 0 Å². The lowest BCUT2D eigenvalue weighted by Crippen LogP contribution is -2.49. The maximum Gasteiger partial charge on any atom is 0.250 e. The van der Waals surface area contributed by atoms with E-state index in [1.807, 2.05) is 34.2 Å². The van der Waals surface area contributed by atoms with Crippen molar-refractivity contribution in [2.45, 2.75) is 38.6 Å². The number of nitrogens with zero attached hydrogens (tertiary/aromatic N) is 4. The number of hydrogen-bond donors (Lipinski definition) is 0. The van der Waals surface area contributed by atoms with Crippen molar-refractivity contribution < 1.29 is 9.59 Å². The first-order chi connectivity index (χ1) is 13.5. The highest BCUT2D eigenvalue weighted by molar-refractivity contribution is 7.80. The third-order valence-electron chi connectivity index (χ3n) is 5.69. The number of likely N-dealkylation sites (N-methyl/N-ethyl adjacent to an activating group) is 1. The summed E-state index contributed by atoms with van der Waals surface area (Å²) in [7, 11) is 1.76. The van der Waals surface area contributed by atoms with E-state index >= 15 is 0 Å². The molecule has 3 heterocycles. The van der Waals surface area contributed by atoms with E-state index in [0.29, 0.717) is 11.5 Å². The van der Waals surface area contributed by atoms with E-state index in [4.69, 9.17) is 12.2 Å². The van der Waals surface area contributed by atoms with Crippen molar-refractivity contribution in [3.8, 4) is 0 Å². The van der Waals surface area contributed by atoms with Gasteiger partial charge in [0, 0.05) is 44.6 Å². The SMILES string of the molecule is CC1C(=O)N(C)C(=S)N1CCCCCN1CCN(C(=O)Cc2cccs2)CC1. The van der Waals surface area contributed by atoms with Crippen molar-refractivity contribution in [3.63, 3.8) is 0 Å². The molecular formula is C20H30N4O2S2. The molecule has 2 aliphatic heterocycles. The van der Waals surface area contributed by atoms with Gasteiger partial charge in [-0.05, 0) is 50.0 Å². The van der Waals surface area contributed by atoms with E-state index in [0.717, 1.165) is 63.4 Å². The van der Waals surface area contributed by atoms with Crippen molar-refractivity contribution >= 4 is 40.5 Å². The first-order valence-corrected chi connectivity index (χ1v) is 11.4. The number of amides is 2. The molecule has 0 N–H and O–H groups in total. The van der Waals surface area contributed by atoms with E-state index in [9.17, 15) is 9.59 Å². The summed E-state index contributed by atoms with van der Waals surface area (Å²) in [4.78, 5) is 33.5. The summed E-state index contributed by atoms with van der Waals surface area (Å²) >= 11 is 7.01. The topological polar surface area (TPSA) is 47.1 Å². The normalized spacial score (nSPS) is 21.1. The third kappa shape index (κ3) is 5.10. The average Bonchev–Trinajstić information content (AvgIpc) is 3.27. The van der Waals surface area contributed by atoms with Gasteiger partial charge in [0.2, 0.25) is 5.91 Å². The van der Waals surface area contributed by atoms with Crippen LogP contribution in [0.25, 0.3) is 0 Å². The van der Waals surface area contributed by atoms with Crippen molar-refractivity contribution in [1.82, 2.24) is 19.6 Å². The van der Waals surface area contributed by atoms with Crippen molar-refractivity contribution in [2.75, 3.05) is 46.3 Å². The number of hydrogen-bond acceptors (Lipinski definition) is 5. The van der Waals surface area contributed by atoms with Gasteiger partial charge in [0.1, 0.15) is 6.04 Å². The third-order valence-corrected chi connectivity index (χ3v) is 7.08. The second-order valence-electron chi connectivity index (χ2n) is 7.59. The van der Waals surface area contributed by atoms with Crippen LogP contribution in [0, 0.1) is 0 Å². The van der Waals surface area contributed by atoms with Crippen LogP contribution in [0.5, 0.6) is 0 Å². The highest BCUT2D eigenvalue weighted by atomic mass is 32.1. The number of rotatable bonds is 8. The molecule has 0 aliphatic carbocycles. The van der Waals surface area contributed by atoms with Gasteiger partial charge in [-0.2, -0.15) is 0 Å². The largest absolute Gasteiger partial charge is 0.340 e. The molecule has 3 rings (SSSR count). The van der Waals surface area contributed by atoms with Crippen LogP contribution >= 0.6 is 23.6 Å². The lowest BCUT2D eigenvalue weighted by atomic mass is 10.2. The van der Waals surface area contributed by atoms with Gasteiger partial charge >= 0.3 is 0 Å². The summed E-state index contributed by atoms with van der Waals surface area (Å²) in [5, 5.41) is 2.68. The summed E-state index contributed by atoms with van der Waals surface area (Å²) in [5.74, 6) is 0.341. The van der Waals surface area contributed by atoms with Crippen LogP contribution in [-0.4, -0.2) is 88.9 Å². The molecule has 1 aromatic heterocycles.